The highest BCUT2D eigenvalue weighted by molar-refractivity contribution is 5.88. The number of amides is 2. The van der Waals surface area contributed by atoms with Crippen LogP contribution in [0, 0.1) is 6.92 Å². The number of urea groups is 1. The molecule has 0 spiro atoms. The lowest BCUT2D eigenvalue weighted by molar-refractivity contribution is 0.126. The molecule has 0 saturated carbocycles. The Hall–Kier alpha value is -1.73. The van der Waals surface area contributed by atoms with Gasteiger partial charge in [-0.1, -0.05) is 0 Å². The monoisotopic (exact) mass is 252 g/mol. The van der Waals surface area contributed by atoms with Crippen LogP contribution in [0.15, 0.2) is 12.3 Å². The van der Waals surface area contributed by atoms with E-state index in [-0.39, 0.29) is 6.61 Å². The minimum atomic E-state index is -0.688. The molecule has 1 unspecified atom stereocenters. The summed E-state index contributed by atoms with van der Waals surface area (Å²) in [5, 5.41) is 14.7. The van der Waals surface area contributed by atoms with Gasteiger partial charge in [-0.05, 0) is 19.4 Å². The number of hydrogen-bond acceptors (Lipinski definition) is 5. The average Bonchev–Trinajstić information content (AvgIpc) is 2.78. The van der Waals surface area contributed by atoms with Gasteiger partial charge in [0.05, 0.1) is 18.8 Å². The minimum Gasteiger partial charge on any atom is -0.394 e. The largest absolute Gasteiger partial charge is 0.394 e. The third-order valence-corrected chi connectivity index (χ3v) is 2.80. The van der Waals surface area contributed by atoms with Gasteiger partial charge in [-0.25, -0.2) is 14.8 Å². The molecule has 98 valence electrons. The zero-order valence-electron chi connectivity index (χ0n) is 10.1. The van der Waals surface area contributed by atoms with E-state index in [2.05, 4.69) is 20.6 Å². The first kappa shape index (κ1) is 12.7. The Morgan fingerprint density at radius 3 is 3.11 bits per heavy atom. The van der Waals surface area contributed by atoms with Crippen molar-refractivity contribution in [3.8, 4) is 0 Å². The molecule has 0 radical (unpaired) electrons. The van der Waals surface area contributed by atoms with E-state index in [1.807, 2.05) is 0 Å². The Bertz CT molecular complexity index is 432. The van der Waals surface area contributed by atoms with Gasteiger partial charge in [0.25, 0.3) is 0 Å². The van der Waals surface area contributed by atoms with Crippen molar-refractivity contribution in [2.24, 2.45) is 0 Å². The molecule has 1 saturated heterocycles. The van der Waals surface area contributed by atoms with Crippen LogP contribution in [0.2, 0.25) is 0 Å². The second kappa shape index (κ2) is 5.28. The molecule has 18 heavy (non-hydrogen) atoms. The number of nitrogens with one attached hydrogen (secondary N) is 2. The number of rotatable bonds is 3. The van der Waals surface area contributed by atoms with Crippen molar-refractivity contribution in [1.82, 2.24) is 15.3 Å². The van der Waals surface area contributed by atoms with Crippen LogP contribution in [0.3, 0.4) is 0 Å². The summed E-state index contributed by atoms with van der Waals surface area (Å²) in [7, 11) is 0. The number of anilines is 1. The summed E-state index contributed by atoms with van der Waals surface area (Å²) in [6.45, 7) is 2.44. The van der Waals surface area contributed by atoms with E-state index in [1.54, 1.807) is 19.2 Å². The van der Waals surface area contributed by atoms with Crippen LogP contribution >= 0.6 is 0 Å². The second-order valence-corrected chi connectivity index (χ2v) is 4.31. The number of ether oxygens (including phenoxy) is 1. The topological polar surface area (TPSA) is 96.4 Å². The van der Waals surface area contributed by atoms with Crippen LogP contribution in [0.5, 0.6) is 0 Å². The molecule has 1 aromatic rings. The normalized spacial score (nSPS) is 22.8. The predicted molar refractivity (Wildman–Crippen MR) is 64.2 cm³/mol. The first-order valence-corrected chi connectivity index (χ1v) is 5.71. The average molecular weight is 252 g/mol. The minimum absolute atomic E-state index is 0.150. The predicted octanol–water partition coefficient (Wildman–Crippen LogP) is 0.0579. The number of aryl methyl sites for hydroxylation is 1. The van der Waals surface area contributed by atoms with Crippen LogP contribution in [-0.4, -0.2) is 46.5 Å². The van der Waals surface area contributed by atoms with E-state index in [0.29, 0.717) is 31.3 Å². The fraction of sp³-hybridized carbons (Fsp3) is 0.545. The highest BCUT2D eigenvalue weighted by Crippen LogP contribution is 2.17. The molecule has 0 aliphatic carbocycles. The first-order valence-electron chi connectivity index (χ1n) is 5.71. The van der Waals surface area contributed by atoms with Crippen LogP contribution in [0.1, 0.15) is 12.2 Å². The summed E-state index contributed by atoms with van der Waals surface area (Å²) in [6.07, 6.45) is 2.16. The van der Waals surface area contributed by atoms with Gasteiger partial charge in [0.1, 0.15) is 11.6 Å². The maximum atomic E-state index is 11.8. The highest BCUT2D eigenvalue weighted by Gasteiger charge is 2.35. The molecule has 7 nitrogen and oxygen atoms in total. The Kier molecular flexibility index (Phi) is 3.73. The SMILES string of the molecule is Cc1nccc(NC(=O)NC2(CO)CCOC2)n1. The van der Waals surface area contributed by atoms with Gasteiger partial charge in [0, 0.05) is 12.8 Å². The van der Waals surface area contributed by atoms with Crippen LogP contribution in [0.25, 0.3) is 0 Å². The second-order valence-electron chi connectivity index (χ2n) is 4.31. The zero-order chi connectivity index (χ0) is 13.0. The third kappa shape index (κ3) is 2.93. The van der Waals surface area contributed by atoms with Gasteiger partial charge in [0.15, 0.2) is 0 Å². The van der Waals surface area contributed by atoms with Gasteiger partial charge < -0.3 is 15.2 Å². The molecule has 1 aromatic heterocycles. The number of carbonyl (C=O) groups is 1. The van der Waals surface area contributed by atoms with Gasteiger partial charge in [-0.15, -0.1) is 0 Å². The summed E-state index contributed by atoms with van der Waals surface area (Å²) >= 11 is 0. The van der Waals surface area contributed by atoms with E-state index in [0.717, 1.165) is 0 Å². The first-order chi connectivity index (χ1) is 8.63. The van der Waals surface area contributed by atoms with Crippen molar-refractivity contribution in [3.05, 3.63) is 18.1 Å². The molecule has 3 N–H and O–H groups in total. The molecular weight excluding hydrogens is 236 g/mol. The molecule has 1 aliphatic heterocycles. The van der Waals surface area contributed by atoms with Crippen molar-refractivity contribution in [2.75, 3.05) is 25.1 Å². The zero-order valence-corrected chi connectivity index (χ0v) is 10.1. The smallest absolute Gasteiger partial charge is 0.321 e. The standard InChI is InChI=1S/C11H16N4O3/c1-8-12-4-2-9(13-8)14-10(17)15-11(6-16)3-5-18-7-11/h2,4,16H,3,5-7H2,1H3,(H2,12,13,14,15,17). The maximum Gasteiger partial charge on any atom is 0.321 e. The number of aliphatic hydroxyl groups excluding tert-OH is 1. The van der Waals surface area contributed by atoms with Crippen LogP contribution in [0.4, 0.5) is 10.6 Å². The van der Waals surface area contributed by atoms with E-state index in [9.17, 15) is 9.90 Å². The van der Waals surface area contributed by atoms with E-state index < -0.39 is 11.6 Å². The van der Waals surface area contributed by atoms with Crippen molar-refractivity contribution < 1.29 is 14.6 Å². The lowest BCUT2D eigenvalue weighted by atomic mass is 10.0. The molecule has 1 fully saturated rings. The number of aromatic nitrogens is 2. The fourth-order valence-corrected chi connectivity index (χ4v) is 1.78. The van der Waals surface area contributed by atoms with E-state index >= 15 is 0 Å². The lowest BCUT2D eigenvalue weighted by Gasteiger charge is -2.26. The van der Waals surface area contributed by atoms with E-state index in [1.165, 1.54) is 0 Å². The Balaban J connectivity index is 1.96. The van der Waals surface area contributed by atoms with Gasteiger partial charge in [-0.3, -0.25) is 5.32 Å². The Labute approximate surface area is 105 Å². The summed E-state index contributed by atoms with van der Waals surface area (Å²) < 4.78 is 5.19. The quantitative estimate of drug-likeness (QED) is 0.706. The van der Waals surface area contributed by atoms with Crippen molar-refractivity contribution in [1.29, 1.82) is 0 Å². The van der Waals surface area contributed by atoms with Crippen molar-refractivity contribution in [2.45, 2.75) is 18.9 Å². The number of aliphatic hydroxyl groups is 1. The summed E-state index contributed by atoms with van der Waals surface area (Å²) in [4.78, 5) is 19.8. The number of carbonyl (C=O) groups excluding carboxylic acids is 1. The molecule has 2 amide bonds. The van der Waals surface area contributed by atoms with E-state index in [4.69, 9.17) is 4.74 Å². The van der Waals surface area contributed by atoms with Crippen LogP contribution in [-0.2, 0) is 4.74 Å². The Morgan fingerprint density at radius 2 is 2.50 bits per heavy atom. The Morgan fingerprint density at radius 1 is 1.67 bits per heavy atom. The molecular formula is C11H16N4O3. The fourth-order valence-electron chi connectivity index (χ4n) is 1.78. The molecule has 0 aromatic carbocycles. The third-order valence-electron chi connectivity index (χ3n) is 2.80. The van der Waals surface area contributed by atoms with Crippen molar-refractivity contribution in [3.63, 3.8) is 0 Å². The molecule has 0 bridgehead atoms. The molecule has 1 atom stereocenters. The summed E-state index contributed by atoms with van der Waals surface area (Å²) in [5.41, 5.74) is -0.688. The summed E-state index contributed by atoms with van der Waals surface area (Å²) in [6, 6.07) is 1.19. The molecule has 7 heteroatoms. The van der Waals surface area contributed by atoms with Crippen molar-refractivity contribution >= 4 is 11.8 Å². The van der Waals surface area contributed by atoms with Gasteiger partial charge in [0.2, 0.25) is 0 Å². The van der Waals surface area contributed by atoms with Crippen LogP contribution < -0.4 is 10.6 Å². The molecule has 1 aliphatic rings. The maximum absolute atomic E-state index is 11.8. The molecule has 2 heterocycles. The van der Waals surface area contributed by atoms with Gasteiger partial charge >= 0.3 is 6.03 Å². The highest BCUT2D eigenvalue weighted by atomic mass is 16.5. The number of hydrogen-bond donors (Lipinski definition) is 3. The summed E-state index contributed by atoms with van der Waals surface area (Å²) in [5.74, 6) is 1.00. The molecule has 2 rings (SSSR count). The lowest BCUT2D eigenvalue weighted by Crippen LogP contribution is -2.53. The number of nitrogens with zero attached hydrogens (tertiary/aromatic N) is 2. The van der Waals surface area contributed by atoms with Gasteiger partial charge in [-0.2, -0.15) is 0 Å².